The summed E-state index contributed by atoms with van der Waals surface area (Å²) >= 11 is 0. The lowest BCUT2D eigenvalue weighted by Crippen LogP contribution is -2.76. The summed E-state index contributed by atoms with van der Waals surface area (Å²) in [6.45, 7) is 7.80. The molecule has 4 amide bonds. The number of benzene rings is 2. The van der Waals surface area contributed by atoms with Crippen LogP contribution in [0, 0.1) is 29.4 Å². The van der Waals surface area contributed by atoms with Crippen molar-refractivity contribution in [2.75, 3.05) is 16.3 Å². The average Bonchev–Trinajstić information content (AvgIpc) is 2.78. The van der Waals surface area contributed by atoms with E-state index >= 15 is 0 Å². The van der Waals surface area contributed by atoms with Crippen LogP contribution in [0.25, 0.3) is 0 Å². The second-order valence-corrected chi connectivity index (χ2v) is 9.66. The third-order valence-corrected chi connectivity index (χ3v) is 7.25. The molecule has 10 nitrogen and oxygen atoms in total. The molecule has 2 aromatic rings. The molecule has 0 radical (unpaired) electrons. The Balaban J connectivity index is 1.72. The van der Waals surface area contributed by atoms with Gasteiger partial charge in [0.05, 0.1) is 28.9 Å². The van der Waals surface area contributed by atoms with Crippen molar-refractivity contribution in [1.29, 1.82) is 0 Å². The lowest BCUT2D eigenvalue weighted by Gasteiger charge is -2.56. The largest absolute Gasteiger partial charge is 0.372 e. The Kier molecular flexibility index (Phi) is 5.17. The van der Waals surface area contributed by atoms with Crippen LogP contribution in [0.5, 0.6) is 0 Å². The monoisotopic (exact) mass is 478 g/mol. The van der Waals surface area contributed by atoms with Gasteiger partial charge in [-0.3, -0.25) is 25.0 Å². The number of nitrogens with one attached hydrogen (secondary N) is 1. The maximum atomic E-state index is 14.3. The Morgan fingerprint density at radius 1 is 1.09 bits per heavy atom. The fourth-order valence-electron chi connectivity index (χ4n) is 5.90. The maximum Gasteiger partial charge on any atom is 0.335 e. The first-order valence-corrected chi connectivity index (χ1v) is 11.5. The van der Waals surface area contributed by atoms with E-state index in [2.05, 4.69) is 5.32 Å². The summed E-state index contributed by atoms with van der Waals surface area (Å²) in [5.74, 6) is -1.37. The number of non-ortho nitro benzene ring substituents is 1. The first-order valence-electron chi connectivity index (χ1n) is 11.5. The Bertz CT molecular complexity index is 1290. The van der Waals surface area contributed by atoms with Gasteiger partial charge in [0, 0.05) is 30.8 Å². The average molecular weight is 479 g/mol. The number of nitro groups is 1. The molecule has 1 spiro atoms. The molecule has 3 heterocycles. The fraction of sp³-hybridized carbons (Fsp3) is 0.400. The maximum absolute atomic E-state index is 14.3. The summed E-state index contributed by atoms with van der Waals surface area (Å²) in [6, 6.07) is 8.33. The van der Waals surface area contributed by atoms with Crippen LogP contribution in [0.3, 0.4) is 0 Å². The van der Waals surface area contributed by atoms with Gasteiger partial charge in [0.1, 0.15) is 0 Å². The second kappa shape index (κ2) is 7.88. The Morgan fingerprint density at radius 2 is 1.80 bits per heavy atom. The minimum atomic E-state index is -1.72. The van der Waals surface area contributed by atoms with Crippen molar-refractivity contribution in [1.82, 2.24) is 5.32 Å². The number of amides is 4. The van der Waals surface area contributed by atoms with Crippen LogP contribution >= 0.6 is 0 Å². The first-order chi connectivity index (χ1) is 16.5. The van der Waals surface area contributed by atoms with Gasteiger partial charge < -0.3 is 9.64 Å². The zero-order valence-electron chi connectivity index (χ0n) is 19.9. The van der Waals surface area contributed by atoms with E-state index in [1.54, 1.807) is 25.1 Å². The van der Waals surface area contributed by atoms with Crippen molar-refractivity contribution >= 4 is 34.9 Å². The smallest absolute Gasteiger partial charge is 0.335 e. The number of anilines is 2. The highest BCUT2D eigenvalue weighted by molar-refractivity contribution is 6.31. The van der Waals surface area contributed by atoms with E-state index in [-0.39, 0.29) is 18.2 Å². The number of urea groups is 1. The molecule has 10 heteroatoms. The number of carbonyl (C=O) groups is 3. The van der Waals surface area contributed by atoms with E-state index in [9.17, 15) is 24.5 Å². The van der Waals surface area contributed by atoms with Crippen LogP contribution in [0.15, 0.2) is 36.4 Å². The highest BCUT2D eigenvalue weighted by atomic mass is 16.6. The van der Waals surface area contributed by atoms with Crippen LogP contribution in [0.4, 0.5) is 21.9 Å². The summed E-state index contributed by atoms with van der Waals surface area (Å²) in [6.07, 6.45) is -0.809. The number of nitro benzene ring substituents is 1. The summed E-state index contributed by atoms with van der Waals surface area (Å²) < 4.78 is 6.08. The number of nitrogens with zero attached hydrogens (tertiary/aromatic N) is 3. The van der Waals surface area contributed by atoms with Crippen LogP contribution in [-0.2, 0) is 20.7 Å². The van der Waals surface area contributed by atoms with Crippen molar-refractivity contribution in [2.45, 2.75) is 52.4 Å². The van der Waals surface area contributed by atoms with Crippen molar-refractivity contribution in [2.24, 2.45) is 5.41 Å². The Morgan fingerprint density at radius 3 is 2.49 bits per heavy atom. The molecule has 35 heavy (non-hydrogen) atoms. The van der Waals surface area contributed by atoms with Gasteiger partial charge in [-0.25, -0.2) is 9.69 Å². The highest BCUT2D eigenvalue weighted by Gasteiger charge is 2.65. The number of hydrogen-bond acceptors (Lipinski definition) is 7. The molecule has 0 aliphatic carbocycles. The number of morpholine rings is 1. The van der Waals surface area contributed by atoms with Crippen molar-refractivity contribution < 1.29 is 24.0 Å². The summed E-state index contributed by atoms with van der Waals surface area (Å²) in [5, 5.41) is 13.9. The number of fused-ring (bicyclic) bond motifs is 4. The van der Waals surface area contributed by atoms with Gasteiger partial charge >= 0.3 is 6.03 Å². The summed E-state index contributed by atoms with van der Waals surface area (Å²) in [4.78, 5) is 54.9. The molecule has 1 N–H and O–H groups in total. The summed E-state index contributed by atoms with van der Waals surface area (Å²) in [5.41, 5.74) is 1.46. The number of ether oxygens (including phenoxy) is 1. The molecule has 3 aliphatic rings. The van der Waals surface area contributed by atoms with E-state index in [4.69, 9.17) is 4.74 Å². The van der Waals surface area contributed by atoms with E-state index < -0.39 is 40.3 Å². The Labute approximate surface area is 202 Å². The molecule has 0 unspecified atom stereocenters. The zero-order chi connectivity index (χ0) is 25.2. The van der Waals surface area contributed by atoms with Gasteiger partial charge in [0.2, 0.25) is 5.91 Å². The van der Waals surface area contributed by atoms with Crippen LogP contribution in [-0.4, -0.2) is 47.6 Å². The molecule has 4 atom stereocenters. The zero-order valence-corrected chi connectivity index (χ0v) is 19.9. The molecule has 0 aromatic heterocycles. The van der Waals surface area contributed by atoms with E-state index in [1.807, 2.05) is 31.7 Å². The van der Waals surface area contributed by atoms with Crippen molar-refractivity contribution in [3.63, 3.8) is 0 Å². The molecule has 5 rings (SSSR count). The minimum absolute atomic E-state index is 0.0907. The third-order valence-electron chi connectivity index (χ3n) is 7.25. The van der Waals surface area contributed by atoms with Gasteiger partial charge in [-0.15, -0.1) is 0 Å². The molecule has 182 valence electrons. The predicted molar refractivity (Wildman–Crippen MR) is 127 cm³/mol. The van der Waals surface area contributed by atoms with Crippen molar-refractivity contribution in [3.8, 4) is 0 Å². The van der Waals surface area contributed by atoms with Crippen LogP contribution in [0.1, 0.15) is 30.5 Å². The minimum Gasteiger partial charge on any atom is -0.372 e. The molecular weight excluding hydrogens is 452 g/mol. The number of hydrogen-bond donors (Lipinski definition) is 1. The molecule has 2 fully saturated rings. The topological polar surface area (TPSA) is 122 Å². The third kappa shape index (κ3) is 3.31. The summed E-state index contributed by atoms with van der Waals surface area (Å²) in [7, 11) is 0. The predicted octanol–water partition coefficient (Wildman–Crippen LogP) is 3.02. The van der Waals surface area contributed by atoms with Gasteiger partial charge in [-0.2, -0.15) is 0 Å². The fourth-order valence-corrected chi connectivity index (χ4v) is 5.90. The number of carbonyl (C=O) groups excluding carboxylic acids is 3. The number of barbiturate groups is 1. The van der Waals surface area contributed by atoms with Gasteiger partial charge in [0.25, 0.3) is 11.6 Å². The van der Waals surface area contributed by atoms with Crippen molar-refractivity contribution in [3.05, 3.63) is 63.2 Å². The standard InChI is InChI=1S/C25H26N4O6/c1-13-5-7-19(14(2)9-13)28-23(31)25(22(30)26-24(28)32)11-17-10-18(29(33)34)6-8-20(17)27-12-15(3)35-16(4)21(25)27/h5-10,15-16,21H,11-12H2,1-4H3,(H,26,30,32)/t15-,16+,21+,25-/m1/s1. The van der Waals surface area contributed by atoms with Gasteiger partial charge in [0.15, 0.2) is 5.41 Å². The highest BCUT2D eigenvalue weighted by Crippen LogP contribution is 2.49. The molecule has 3 aliphatic heterocycles. The van der Waals surface area contributed by atoms with Crippen LogP contribution < -0.4 is 15.1 Å². The molecule has 0 saturated carbocycles. The molecule has 2 aromatic carbocycles. The Hall–Kier alpha value is -3.79. The van der Waals surface area contributed by atoms with Gasteiger partial charge in [-0.05, 0) is 51.0 Å². The first kappa shape index (κ1) is 23.0. The molecular formula is C25H26N4O6. The SMILES string of the molecule is Cc1ccc(N2C(=O)NC(=O)[C@]3(Cc4cc([N+](=O)[O-])ccc4N4C[C@@H](C)O[C@@H](C)[C@H]43)C2=O)c(C)c1. The number of aryl methyl sites for hydroxylation is 2. The van der Waals surface area contributed by atoms with E-state index in [0.29, 0.717) is 23.4 Å². The normalized spacial score (nSPS) is 28.0. The quantitative estimate of drug-likeness (QED) is 0.400. The molecule has 2 saturated heterocycles. The lowest BCUT2D eigenvalue weighted by molar-refractivity contribution is -0.384. The second-order valence-electron chi connectivity index (χ2n) is 9.66. The number of imide groups is 2. The van der Waals surface area contributed by atoms with E-state index in [0.717, 1.165) is 16.2 Å². The lowest BCUT2D eigenvalue weighted by atomic mass is 9.66. The number of rotatable bonds is 2. The van der Waals surface area contributed by atoms with Crippen LogP contribution in [0.2, 0.25) is 0 Å². The van der Waals surface area contributed by atoms with E-state index in [1.165, 1.54) is 12.1 Å². The molecule has 0 bridgehead atoms. The van der Waals surface area contributed by atoms with Gasteiger partial charge in [-0.1, -0.05) is 17.7 Å².